The van der Waals surface area contributed by atoms with Gasteiger partial charge in [0.15, 0.2) is 0 Å². The van der Waals surface area contributed by atoms with Crippen molar-refractivity contribution >= 4 is 5.69 Å². The molecule has 0 fully saturated rings. The summed E-state index contributed by atoms with van der Waals surface area (Å²) in [6, 6.07) is 4.43. The number of benzene rings is 1. The molecule has 94 valence electrons. The van der Waals surface area contributed by atoms with Gasteiger partial charge in [-0.05, 0) is 19.0 Å². The maximum atomic E-state index is 10.6. The third kappa shape index (κ3) is 4.01. The van der Waals surface area contributed by atoms with E-state index in [1.165, 1.54) is 19.2 Å². The van der Waals surface area contributed by atoms with Crippen LogP contribution in [0.1, 0.15) is 12.0 Å². The topological polar surface area (TPSA) is 87.6 Å². The smallest absolute Gasteiger partial charge is 0.270 e. The number of ether oxygens (including phenoxy) is 2. The van der Waals surface area contributed by atoms with E-state index in [1.54, 1.807) is 6.07 Å². The minimum absolute atomic E-state index is 0.0308. The second-order valence-corrected chi connectivity index (χ2v) is 3.45. The molecule has 0 atom stereocenters. The van der Waals surface area contributed by atoms with E-state index in [0.29, 0.717) is 24.5 Å². The first-order valence-corrected chi connectivity index (χ1v) is 5.28. The Hall–Kier alpha value is -1.66. The summed E-state index contributed by atoms with van der Waals surface area (Å²) in [6.45, 7) is 1.37. The van der Waals surface area contributed by atoms with E-state index in [2.05, 4.69) is 0 Å². The van der Waals surface area contributed by atoms with Crippen LogP contribution in [0.25, 0.3) is 0 Å². The second-order valence-electron chi connectivity index (χ2n) is 3.45. The Morgan fingerprint density at radius 3 is 2.82 bits per heavy atom. The summed E-state index contributed by atoms with van der Waals surface area (Å²) in [5.41, 5.74) is 6.03. The van der Waals surface area contributed by atoms with Crippen molar-refractivity contribution in [2.45, 2.75) is 13.0 Å². The Kier molecular flexibility index (Phi) is 5.38. The summed E-state index contributed by atoms with van der Waals surface area (Å²) < 4.78 is 10.5. The molecule has 0 aliphatic heterocycles. The number of methoxy groups -OCH3 is 1. The summed E-state index contributed by atoms with van der Waals surface area (Å²) in [5, 5.41) is 10.6. The van der Waals surface area contributed by atoms with Crippen molar-refractivity contribution in [1.82, 2.24) is 0 Å². The van der Waals surface area contributed by atoms with Gasteiger partial charge in [0, 0.05) is 24.3 Å². The molecule has 1 aromatic carbocycles. The van der Waals surface area contributed by atoms with Crippen molar-refractivity contribution in [2.75, 3.05) is 20.3 Å². The molecule has 17 heavy (non-hydrogen) atoms. The Morgan fingerprint density at radius 1 is 1.47 bits per heavy atom. The molecule has 0 aromatic heterocycles. The van der Waals surface area contributed by atoms with Gasteiger partial charge < -0.3 is 15.2 Å². The van der Waals surface area contributed by atoms with Gasteiger partial charge >= 0.3 is 0 Å². The molecule has 0 aliphatic carbocycles. The van der Waals surface area contributed by atoms with Crippen LogP contribution >= 0.6 is 0 Å². The Labute approximate surface area is 99.5 Å². The van der Waals surface area contributed by atoms with Crippen molar-refractivity contribution in [1.29, 1.82) is 0 Å². The first kappa shape index (κ1) is 13.4. The van der Waals surface area contributed by atoms with Crippen LogP contribution in [0.5, 0.6) is 5.75 Å². The van der Waals surface area contributed by atoms with Gasteiger partial charge in [0.1, 0.15) is 5.75 Å². The lowest BCUT2D eigenvalue weighted by Gasteiger charge is -2.08. The van der Waals surface area contributed by atoms with E-state index >= 15 is 0 Å². The van der Waals surface area contributed by atoms with Crippen molar-refractivity contribution in [3.8, 4) is 5.75 Å². The van der Waals surface area contributed by atoms with Crippen LogP contribution in [0.2, 0.25) is 0 Å². The molecule has 0 unspecified atom stereocenters. The van der Waals surface area contributed by atoms with Crippen molar-refractivity contribution in [2.24, 2.45) is 5.73 Å². The maximum Gasteiger partial charge on any atom is 0.270 e. The molecule has 1 rings (SSSR count). The maximum absolute atomic E-state index is 10.6. The van der Waals surface area contributed by atoms with Crippen LogP contribution in [-0.4, -0.2) is 25.2 Å². The summed E-state index contributed by atoms with van der Waals surface area (Å²) in [6.07, 6.45) is 0.761. The summed E-state index contributed by atoms with van der Waals surface area (Å²) in [7, 11) is 1.52. The molecule has 0 amide bonds. The minimum atomic E-state index is -0.442. The Morgan fingerprint density at radius 2 is 2.24 bits per heavy atom. The SMILES string of the molecule is COc1ccc([N+](=O)[O-])cc1COCCCN. The zero-order chi connectivity index (χ0) is 12.7. The van der Waals surface area contributed by atoms with Crippen LogP contribution in [0.3, 0.4) is 0 Å². The molecule has 0 heterocycles. The minimum Gasteiger partial charge on any atom is -0.496 e. The van der Waals surface area contributed by atoms with Crippen molar-refractivity contribution in [3.05, 3.63) is 33.9 Å². The highest BCUT2D eigenvalue weighted by Crippen LogP contribution is 2.24. The lowest BCUT2D eigenvalue weighted by molar-refractivity contribution is -0.385. The largest absolute Gasteiger partial charge is 0.496 e. The molecule has 0 bridgehead atoms. The van der Waals surface area contributed by atoms with Crippen LogP contribution in [0, 0.1) is 10.1 Å². The normalized spacial score (nSPS) is 10.2. The molecule has 0 aliphatic rings. The molecule has 1 aromatic rings. The number of nitro benzene ring substituents is 1. The van der Waals surface area contributed by atoms with Crippen LogP contribution in [0.4, 0.5) is 5.69 Å². The van der Waals surface area contributed by atoms with E-state index < -0.39 is 4.92 Å². The van der Waals surface area contributed by atoms with Gasteiger partial charge in [-0.25, -0.2) is 0 Å². The molecule has 0 radical (unpaired) electrons. The van der Waals surface area contributed by atoms with E-state index in [1.807, 2.05) is 0 Å². The van der Waals surface area contributed by atoms with Crippen LogP contribution in [-0.2, 0) is 11.3 Å². The number of nitrogens with zero attached hydrogens (tertiary/aromatic N) is 1. The lowest BCUT2D eigenvalue weighted by Crippen LogP contribution is -2.05. The van der Waals surface area contributed by atoms with Gasteiger partial charge in [0.25, 0.3) is 5.69 Å². The lowest BCUT2D eigenvalue weighted by atomic mass is 10.2. The van der Waals surface area contributed by atoms with Gasteiger partial charge in [-0.3, -0.25) is 10.1 Å². The average molecular weight is 240 g/mol. The summed E-state index contributed by atoms with van der Waals surface area (Å²) >= 11 is 0. The first-order valence-electron chi connectivity index (χ1n) is 5.28. The number of nitrogens with two attached hydrogens (primary N) is 1. The highest BCUT2D eigenvalue weighted by atomic mass is 16.6. The van der Waals surface area contributed by atoms with Gasteiger partial charge in [-0.1, -0.05) is 0 Å². The zero-order valence-corrected chi connectivity index (χ0v) is 9.72. The van der Waals surface area contributed by atoms with E-state index in [9.17, 15) is 10.1 Å². The predicted octanol–water partition coefficient (Wildman–Crippen LogP) is 1.47. The highest BCUT2D eigenvalue weighted by Gasteiger charge is 2.11. The molecule has 6 heteroatoms. The fraction of sp³-hybridized carbons (Fsp3) is 0.455. The zero-order valence-electron chi connectivity index (χ0n) is 9.72. The van der Waals surface area contributed by atoms with Crippen molar-refractivity contribution in [3.63, 3.8) is 0 Å². The fourth-order valence-corrected chi connectivity index (χ4v) is 1.36. The summed E-state index contributed by atoms with van der Waals surface area (Å²) in [4.78, 5) is 10.2. The number of rotatable bonds is 7. The Balaban J connectivity index is 2.72. The van der Waals surface area contributed by atoms with E-state index in [0.717, 1.165) is 6.42 Å². The fourth-order valence-electron chi connectivity index (χ4n) is 1.36. The highest BCUT2D eigenvalue weighted by molar-refractivity contribution is 5.43. The number of nitro groups is 1. The Bertz CT molecular complexity index is 382. The molecular formula is C11H16N2O4. The standard InChI is InChI=1S/C11H16N2O4/c1-16-11-4-3-10(13(14)15)7-9(11)8-17-6-2-5-12/h3-4,7H,2,5-6,8,12H2,1H3. The van der Waals surface area contributed by atoms with E-state index in [4.69, 9.17) is 15.2 Å². The third-order valence-electron chi connectivity index (χ3n) is 2.23. The van der Waals surface area contributed by atoms with Crippen LogP contribution in [0.15, 0.2) is 18.2 Å². The van der Waals surface area contributed by atoms with Gasteiger partial charge in [-0.15, -0.1) is 0 Å². The molecule has 0 saturated heterocycles. The molecule has 6 nitrogen and oxygen atoms in total. The quantitative estimate of drug-likeness (QED) is 0.443. The number of non-ortho nitro benzene ring substituents is 1. The molecule has 2 N–H and O–H groups in total. The van der Waals surface area contributed by atoms with Gasteiger partial charge in [-0.2, -0.15) is 0 Å². The summed E-state index contributed by atoms with van der Waals surface area (Å²) in [5.74, 6) is 0.586. The third-order valence-corrected chi connectivity index (χ3v) is 2.23. The van der Waals surface area contributed by atoms with Gasteiger partial charge in [0.2, 0.25) is 0 Å². The second kappa shape index (κ2) is 6.82. The molecule has 0 saturated carbocycles. The average Bonchev–Trinajstić information content (AvgIpc) is 2.34. The molecular weight excluding hydrogens is 224 g/mol. The molecule has 0 spiro atoms. The first-order chi connectivity index (χ1) is 8.19. The van der Waals surface area contributed by atoms with Crippen LogP contribution < -0.4 is 10.5 Å². The predicted molar refractivity (Wildman–Crippen MR) is 63.0 cm³/mol. The van der Waals surface area contributed by atoms with E-state index in [-0.39, 0.29) is 12.3 Å². The van der Waals surface area contributed by atoms with Crippen molar-refractivity contribution < 1.29 is 14.4 Å². The monoisotopic (exact) mass is 240 g/mol. The number of hydrogen-bond acceptors (Lipinski definition) is 5. The van der Waals surface area contributed by atoms with Gasteiger partial charge in [0.05, 0.1) is 18.6 Å². The number of hydrogen-bond donors (Lipinski definition) is 1.